The van der Waals surface area contributed by atoms with Crippen molar-refractivity contribution in [1.82, 2.24) is 15.6 Å². The van der Waals surface area contributed by atoms with Crippen LogP contribution in [-0.2, 0) is 40.7 Å². The molecular weight excluding hydrogens is 1120 g/mol. The number of hydrogen-bond acceptors (Lipinski definition) is 12. The van der Waals surface area contributed by atoms with E-state index in [1.807, 2.05) is 48.5 Å². The van der Waals surface area contributed by atoms with Crippen molar-refractivity contribution >= 4 is 28.0 Å². The molecule has 2 fully saturated rings. The fourth-order valence-corrected chi connectivity index (χ4v) is 16.0. The SMILES string of the molecule is CCCC1C2CC(CC3=CCNC(=C3)Nc3ccc4ccc(c(O)c4c3)CC(O)CNCC(C)c3c[nH]c(c3)C3(CCCCC3)C1O)CC1C#CC(c3ccccc3CCC(C)CCc3cccc(O)c3)c3cc(O)c(OC)cc3CCC(=O)C(O)C(=O)C1C2. The predicted octanol–water partition coefficient (Wildman–Crippen LogP) is 12.9. The molecule has 1 spiro atoms. The van der Waals surface area contributed by atoms with Gasteiger partial charge in [-0.1, -0.05) is 119 Å². The maximum atomic E-state index is 15.6. The van der Waals surface area contributed by atoms with Gasteiger partial charge in [0.1, 0.15) is 17.3 Å². The zero-order valence-corrected chi connectivity index (χ0v) is 53.1. The van der Waals surface area contributed by atoms with Gasteiger partial charge in [0, 0.05) is 72.7 Å². The van der Waals surface area contributed by atoms with Gasteiger partial charge in [-0.3, -0.25) is 9.59 Å². The van der Waals surface area contributed by atoms with Crippen LogP contribution in [0.2, 0.25) is 0 Å². The highest BCUT2D eigenvalue weighted by atomic mass is 16.5. The number of fused-ring (bicyclic) bond motifs is 10. The van der Waals surface area contributed by atoms with Crippen molar-refractivity contribution in [2.45, 2.75) is 172 Å². The van der Waals surface area contributed by atoms with Gasteiger partial charge in [-0.2, -0.15) is 0 Å². The average Bonchev–Trinajstić information content (AvgIpc) is 1.66. The monoisotopic (exact) mass is 1220 g/mol. The molecule has 3 aliphatic carbocycles. The number of methoxy groups -OCH3 is 1. The molecular formula is C77H94N4O9. The summed E-state index contributed by atoms with van der Waals surface area (Å²) in [7, 11) is 1.50. The number of phenols is 3. The predicted molar refractivity (Wildman–Crippen MR) is 356 cm³/mol. The minimum Gasteiger partial charge on any atom is -0.508 e. The first-order valence-electron chi connectivity index (χ1n) is 33.5. The highest BCUT2D eigenvalue weighted by molar-refractivity contribution is 6.06. The van der Waals surface area contributed by atoms with E-state index in [9.17, 15) is 35.4 Å². The van der Waals surface area contributed by atoms with Crippen LogP contribution >= 0.6 is 0 Å². The smallest absolute Gasteiger partial charge is 0.173 e. The lowest BCUT2D eigenvalue weighted by Gasteiger charge is -2.46. The van der Waals surface area contributed by atoms with Crippen molar-refractivity contribution in [1.29, 1.82) is 0 Å². The van der Waals surface area contributed by atoms with E-state index < -0.39 is 53.0 Å². The summed E-state index contributed by atoms with van der Waals surface area (Å²) in [4.78, 5) is 33.9. The minimum absolute atomic E-state index is 0.0393. The first kappa shape index (κ1) is 64.2. The molecule has 10 N–H and O–H groups in total. The molecule has 5 aliphatic rings. The number of aromatic amines is 1. The fourth-order valence-electron chi connectivity index (χ4n) is 16.0. The number of benzene rings is 5. The second-order valence-electron chi connectivity index (χ2n) is 27.2. The molecule has 0 radical (unpaired) electrons. The summed E-state index contributed by atoms with van der Waals surface area (Å²) in [6.45, 7) is 8.13. The molecule has 1 aromatic heterocycles. The Labute approximate surface area is 531 Å². The summed E-state index contributed by atoms with van der Waals surface area (Å²) in [6.07, 6.45) is 15.2. The van der Waals surface area contributed by atoms with E-state index in [0.29, 0.717) is 62.2 Å². The maximum Gasteiger partial charge on any atom is 0.173 e. The van der Waals surface area contributed by atoms with Gasteiger partial charge in [-0.25, -0.2) is 0 Å². The van der Waals surface area contributed by atoms with Crippen LogP contribution in [0.4, 0.5) is 5.69 Å². The van der Waals surface area contributed by atoms with Crippen molar-refractivity contribution in [3.63, 3.8) is 0 Å². The van der Waals surface area contributed by atoms with Crippen molar-refractivity contribution < 1.29 is 45.0 Å². The quantitative estimate of drug-likeness (QED) is 0.0458. The Kier molecular flexibility index (Phi) is 20.6. The molecule has 5 aromatic carbocycles. The number of aromatic nitrogens is 1. The Bertz CT molecular complexity index is 3640. The number of carbonyl (C=O) groups excluding carboxylic acids is 2. The Morgan fingerprint density at radius 1 is 0.800 bits per heavy atom. The summed E-state index contributed by atoms with van der Waals surface area (Å²) in [6, 6.07) is 31.4. The summed E-state index contributed by atoms with van der Waals surface area (Å²) in [5, 5.41) is 83.0. The molecule has 13 heteroatoms. The molecule has 11 atom stereocenters. The number of carbonyl (C=O) groups is 2. The molecule has 2 saturated carbocycles. The topological polar surface area (TPSA) is 217 Å². The number of rotatable bonds is 10. The summed E-state index contributed by atoms with van der Waals surface area (Å²) >= 11 is 0. The van der Waals surface area contributed by atoms with Crippen molar-refractivity contribution in [2.75, 3.05) is 32.1 Å². The van der Waals surface area contributed by atoms with Gasteiger partial charge in [0.15, 0.2) is 29.2 Å². The number of aliphatic hydroxyl groups excluding tert-OH is 3. The first-order chi connectivity index (χ1) is 43.6. The van der Waals surface area contributed by atoms with E-state index in [1.54, 1.807) is 18.2 Å². The van der Waals surface area contributed by atoms with E-state index in [-0.39, 0.29) is 65.9 Å². The van der Waals surface area contributed by atoms with E-state index in [4.69, 9.17) is 4.74 Å². The van der Waals surface area contributed by atoms with Crippen LogP contribution in [0.15, 0.2) is 127 Å². The third-order valence-corrected chi connectivity index (χ3v) is 21.0. The van der Waals surface area contributed by atoms with Crippen LogP contribution in [0.5, 0.6) is 23.0 Å². The molecule has 0 amide bonds. The molecule has 90 heavy (non-hydrogen) atoms. The number of anilines is 1. The summed E-state index contributed by atoms with van der Waals surface area (Å²) < 4.78 is 5.68. The Balaban J connectivity index is 1.02. The van der Waals surface area contributed by atoms with Gasteiger partial charge in [0.05, 0.1) is 25.2 Å². The van der Waals surface area contributed by atoms with Gasteiger partial charge in [0.25, 0.3) is 0 Å². The van der Waals surface area contributed by atoms with Crippen molar-refractivity contribution in [3.05, 3.63) is 171 Å². The zero-order chi connectivity index (χ0) is 63.1. The number of ketones is 2. The van der Waals surface area contributed by atoms with Crippen LogP contribution in [0.25, 0.3) is 10.8 Å². The second-order valence-corrected chi connectivity index (χ2v) is 27.2. The number of Topliss-reactive ketones (excluding diaryl/α,β-unsaturated/α-hetero) is 2. The van der Waals surface area contributed by atoms with Crippen molar-refractivity contribution in [2.24, 2.45) is 35.5 Å². The number of dihydropyridines is 1. The largest absolute Gasteiger partial charge is 0.508 e. The average molecular weight is 1220 g/mol. The van der Waals surface area contributed by atoms with Crippen LogP contribution in [0, 0.1) is 47.3 Å². The molecule has 9 bridgehead atoms. The maximum absolute atomic E-state index is 15.6. The Hall–Kier alpha value is -7.34. The van der Waals surface area contributed by atoms with Crippen LogP contribution in [-0.4, -0.2) is 92.2 Å². The standard InChI is InChI=1S/C77H94N4O9/c1-5-12-63-57-35-51(33-50-29-32-79-72(37-50)81-59-26-23-53-21-22-56(73(86)67(53)42-59)38-61(83)46-78-44-48(3)58-41-71(80-45-58)77(76(63)89)30-9-6-10-31-77)34-54-24-27-64(62-16-8-7-14-52(62)20-18-47(2)17-19-49-13-11-15-60(82)36-49)65-43-69(85)70(90-4)40-55(65)25-28-68(84)75(88)74(87)66(54)39-57/h7-8,11,13-16,21-23,26,29,36-37,40-43,45,47-48,51,54,57,61,63-64,66,75-76,78-83,85-86,88-89H,5-6,9-10,12,17-20,25,28,30-35,38-39,44,46H2,1-4H3. The molecule has 2 aliphatic heterocycles. The normalized spacial score (nSPS) is 26.3. The van der Waals surface area contributed by atoms with Crippen LogP contribution < -0.4 is 20.7 Å². The number of β-amino-alcohol motifs (C(OH)–C–C–N with tert-alkyl or cyclic N) is 1. The molecule has 6 aromatic rings. The second kappa shape index (κ2) is 28.9. The molecule has 3 heterocycles. The molecule has 0 saturated heterocycles. The highest BCUT2D eigenvalue weighted by Gasteiger charge is 2.50. The number of aryl methyl sites for hydroxylation is 3. The zero-order valence-electron chi connectivity index (χ0n) is 53.1. The third kappa shape index (κ3) is 14.5. The summed E-state index contributed by atoms with van der Waals surface area (Å²) in [5.41, 5.74) is 8.80. The number of aliphatic hydroxyl groups is 3. The van der Waals surface area contributed by atoms with E-state index in [2.05, 4.69) is 102 Å². The Morgan fingerprint density at radius 3 is 2.42 bits per heavy atom. The fraction of sp³-hybridized carbons (Fsp3) is 0.481. The molecule has 11 unspecified atom stereocenters. The lowest BCUT2D eigenvalue weighted by Crippen LogP contribution is -2.48. The molecule has 476 valence electrons. The third-order valence-electron chi connectivity index (χ3n) is 21.0. The number of hydrogen-bond donors (Lipinski definition) is 10. The lowest BCUT2D eigenvalue weighted by atomic mass is 9.61. The number of aromatic hydroxyl groups is 3. The van der Waals surface area contributed by atoms with Gasteiger partial charge in [-0.05, 0) is 205 Å². The van der Waals surface area contributed by atoms with Gasteiger partial charge in [0.2, 0.25) is 0 Å². The minimum atomic E-state index is -1.87. The van der Waals surface area contributed by atoms with E-state index in [1.165, 1.54) is 7.11 Å². The van der Waals surface area contributed by atoms with E-state index >= 15 is 4.79 Å². The number of phenolic OH excluding ortho intramolecular Hbond substituents is 3. The number of nitrogens with one attached hydrogen (secondary N) is 4. The first-order valence-corrected chi connectivity index (χ1v) is 33.5. The lowest BCUT2D eigenvalue weighted by molar-refractivity contribution is -0.142. The Morgan fingerprint density at radius 2 is 1.61 bits per heavy atom. The van der Waals surface area contributed by atoms with Crippen LogP contribution in [0.1, 0.15) is 167 Å². The number of ether oxygens (including phenoxy) is 1. The van der Waals surface area contributed by atoms with Crippen molar-refractivity contribution in [3.8, 4) is 34.8 Å². The molecule has 11 rings (SSSR count). The summed E-state index contributed by atoms with van der Waals surface area (Å²) in [5.74, 6) is 5.96. The van der Waals surface area contributed by atoms with Gasteiger partial charge >= 0.3 is 0 Å². The van der Waals surface area contributed by atoms with Gasteiger partial charge < -0.3 is 56.3 Å². The number of allylic oxidation sites excluding steroid dienone is 2. The van der Waals surface area contributed by atoms with E-state index in [0.717, 1.165) is 132 Å². The van der Waals surface area contributed by atoms with Crippen LogP contribution in [0.3, 0.4) is 0 Å². The van der Waals surface area contributed by atoms with Gasteiger partial charge in [-0.15, -0.1) is 0 Å². The highest BCUT2D eigenvalue weighted by Crippen LogP contribution is 2.51. The number of H-pyrrole nitrogens is 1. The molecule has 13 nitrogen and oxygen atoms in total.